The van der Waals surface area contributed by atoms with E-state index in [-0.39, 0.29) is 0 Å². The van der Waals surface area contributed by atoms with Gasteiger partial charge < -0.3 is 10.0 Å². The summed E-state index contributed by atoms with van der Waals surface area (Å²) in [5.41, 5.74) is 2.06. The molecule has 1 aliphatic heterocycles. The van der Waals surface area contributed by atoms with Crippen molar-refractivity contribution in [3.63, 3.8) is 0 Å². The van der Waals surface area contributed by atoms with Gasteiger partial charge in [-0.1, -0.05) is 60.9 Å². The number of hydrogen-bond acceptors (Lipinski definition) is 4. The Morgan fingerprint density at radius 1 is 1.15 bits per heavy atom. The lowest BCUT2D eigenvalue weighted by atomic mass is 9.83. The predicted octanol–water partition coefficient (Wildman–Crippen LogP) is 6.60. The van der Waals surface area contributed by atoms with Gasteiger partial charge in [-0.3, -0.25) is 4.79 Å². The molecule has 5 rings (SSSR count). The Balaban J connectivity index is 1.55. The number of hydrogen-bond donors (Lipinski definition) is 1. The van der Waals surface area contributed by atoms with Gasteiger partial charge in [-0.2, -0.15) is 0 Å². The van der Waals surface area contributed by atoms with Crippen LogP contribution in [-0.4, -0.2) is 35.0 Å². The Kier molecular flexibility index (Phi) is 6.35. The van der Waals surface area contributed by atoms with Crippen LogP contribution >= 0.6 is 23.5 Å². The molecular formula is C27H29ClN2O2S. The number of rotatable bonds is 3. The SMILES string of the molecule is CN1Sc2cc(C#CC3(C(=O)O)CC3)c(Cl)cc2N(c2ccccc2)C[C@H]1C1CCCCC1. The highest BCUT2D eigenvalue weighted by Gasteiger charge is 2.49. The lowest BCUT2D eigenvalue weighted by Crippen LogP contribution is -2.42. The number of likely N-dealkylation sites (N-methyl/N-ethyl adjacent to an activating group) is 1. The molecular weight excluding hydrogens is 452 g/mol. The third-order valence-electron chi connectivity index (χ3n) is 7.28. The van der Waals surface area contributed by atoms with Crippen LogP contribution in [-0.2, 0) is 4.79 Å². The fraction of sp³-hybridized carbons (Fsp3) is 0.444. The van der Waals surface area contributed by atoms with Crippen molar-refractivity contribution in [2.75, 3.05) is 18.5 Å². The van der Waals surface area contributed by atoms with Crippen molar-refractivity contribution in [2.24, 2.45) is 11.3 Å². The van der Waals surface area contributed by atoms with Crippen molar-refractivity contribution in [2.45, 2.75) is 55.9 Å². The molecule has 0 amide bonds. The summed E-state index contributed by atoms with van der Waals surface area (Å²) in [7, 11) is 2.20. The van der Waals surface area contributed by atoms with E-state index in [9.17, 15) is 9.90 Å². The van der Waals surface area contributed by atoms with Gasteiger partial charge in [-0.25, -0.2) is 4.31 Å². The van der Waals surface area contributed by atoms with Crippen LogP contribution < -0.4 is 4.90 Å². The average molecular weight is 481 g/mol. The summed E-state index contributed by atoms with van der Waals surface area (Å²) in [6, 6.07) is 15.0. The van der Waals surface area contributed by atoms with Crippen molar-refractivity contribution in [1.29, 1.82) is 0 Å². The van der Waals surface area contributed by atoms with Crippen molar-refractivity contribution in [3.8, 4) is 11.8 Å². The monoisotopic (exact) mass is 480 g/mol. The number of carbonyl (C=O) groups is 1. The molecule has 2 saturated carbocycles. The lowest BCUT2D eigenvalue weighted by molar-refractivity contribution is -0.141. The molecule has 3 aliphatic rings. The van der Waals surface area contributed by atoms with Crippen LogP contribution in [0, 0.1) is 23.2 Å². The van der Waals surface area contributed by atoms with Gasteiger partial charge in [0.05, 0.1) is 10.7 Å². The van der Waals surface area contributed by atoms with Crippen molar-refractivity contribution < 1.29 is 9.90 Å². The van der Waals surface area contributed by atoms with E-state index in [1.165, 1.54) is 32.1 Å². The highest BCUT2D eigenvalue weighted by Crippen LogP contribution is 2.47. The smallest absolute Gasteiger partial charge is 0.321 e. The van der Waals surface area contributed by atoms with E-state index in [1.807, 2.05) is 18.2 Å². The number of aliphatic carboxylic acids is 1. The van der Waals surface area contributed by atoms with E-state index in [0.29, 0.717) is 35.4 Å². The fourth-order valence-corrected chi connectivity index (χ4v) is 6.39. The average Bonchev–Trinajstić information content (AvgIpc) is 3.63. The molecule has 4 nitrogen and oxygen atoms in total. The Hall–Kier alpha value is -2.13. The van der Waals surface area contributed by atoms with Gasteiger partial charge in [0.1, 0.15) is 5.41 Å². The highest BCUT2D eigenvalue weighted by molar-refractivity contribution is 7.97. The van der Waals surface area contributed by atoms with Crippen LogP contribution in [0.25, 0.3) is 0 Å². The van der Waals surface area contributed by atoms with Crippen LogP contribution in [0.2, 0.25) is 5.02 Å². The van der Waals surface area contributed by atoms with E-state index < -0.39 is 11.4 Å². The number of benzene rings is 2. The normalized spacial score (nSPS) is 22.6. The molecule has 33 heavy (non-hydrogen) atoms. The van der Waals surface area contributed by atoms with Gasteiger partial charge in [0.25, 0.3) is 0 Å². The number of nitrogens with zero attached hydrogens (tertiary/aromatic N) is 2. The molecule has 1 heterocycles. The largest absolute Gasteiger partial charge is 0.480 e. The predicted molar refractivity (Wildman–Crippen MR) is 135 cm³/mol. The zero-order valence-corrected chi connectivity index (χ0v) is 20.5. The van der Waals surface area contributed by atoms with E-state index in [2.05, 4.69) is 52.4 Å². The summed E-state index contributed by atoms with van der Waals surface area (Å²) in [6.07, 6.45) is 7.76. The van der Waals surface area contributed by atoms with Gasteiger partial charge in [-0.15, -0.1) is 0 Å². The Bertz CT molecular complexity index is 1100. The third-order valence-corrected chi connectivity index (χ3v) is 8.67. The summed E-state index contributed by atoms with van der Waals surface area (Å²) in [4.78, 5) is 15.0. The molecule has 2 aliphatic carbocycles. The van der Waals surface area contributed by atoms with Crippen LogP contribution in [0.5, 0.6) is 0 Å². The molecule has 1 N–H and O–H groups in total. The first-order chi connectivity index (χ1) is 16.0. The first kappa shape index (κ1) is 22.7. The molecule has 0 unspecified atom stereocenters. The second-order valence-electron chi connectivity index (χ2n) is 9.49. The van der Waals surface area contributed by atoms with Crippen LogP contribution in [0.3, 0.4) is 0 Å². The Labute approximate surface area is 205 Å². The number of para-hydroxylation sites is 1. The van der Waals surface area contributed by atoms with Crippen LogP contribution in [0.4, 0.5) is 11.4 Å². The van der Waals surface area contributed by atoms with E-state index in [4.69, 9.17) is 11.6 Å². The summed E-state index contributed by atoms with van der Waals surface area (Å²) < 4.78 is 2.42. The van der Waals surface area contributed by atoms with Crippen LogP contribution in [0.1, 0.15) is 50.5 Å². The molecule has 2 fully saturated rings. The van der Waals surface area contributed by atoms with Gasteiger partial charge in [0, 0.05) is 28.7 Å². The maximum atomic E-state index is 11.5. The standard InChI is InChI=1S/C27H29ClN2O2S/c1-29-24(19-8-4-2-5-9-19)18-30(21-10-6-3-7-11-21)23-17-22(28)20(16-25(23)33-29)12-13-27(14-15-27)26(31)32/h3,6-7,10-11,16-17,19,24H,2,4-5,8-9,14-15,18H2,1H3,(H,31,32)/t24-/m0/s1. The number of carboxylic acids is 1. The molecule has 0 bridgehead atoms. The Morgan fingerprint density at radius 2 is 1.88 bits per heavy atom. The second-order valence-corrected chi connectivity index (χ2v) is 11.1. The van der Waals surface area contributed by atoms with Crippen molar-refractivity contribution in [1.82, 2.24) is 4.31 Å². The van der Waals surface area contributed by atoms with E-state index in [1.54, 1.807) is 11.9 Å². The minimum Gasteiger partial charge on any atom is -0.480 e. The molecule has 6 heteroatoms. The lowest BCUT2D eigenvalue weighted by Gasteiger charge is -2.37. The molecule has 0 radical (unpaired) electrons. The number of fused-ring (bicyclic) bond motifs is 1. The van der Waals surface area contributed by atoms with Gasteiger partial charge in [0.2, 0.25) is 0 Å². The second kappa shape index (κ2) is 9.25. The van der Waals surface area contributed by atoms with Gasteiger partial charge >= 0.3 is 5.97 Å². The minimum absolute atomic E-state index is 0.429. The van der Waals surface area contributed by atoms with E-state index in [0.717, 1.165) is 22.8 Å². The van der Waals surface area contributed by atoms with E-state index >= 15 is 0 Å². The van der Waals surface area contributed by atoms with Crippen molar-refractivity contribution in [3.05, 3.63) is 53.1 Å². The summed E-state index contributed by atoms with van der Waals surface area (Å²) in [6.45, 7) is 0.911. The molecule has 2 aromatic carbocycles. The third kappa shape index (κ3) is 4.62. The van der Waals surface area contributed by atoms with Gasteiger partial charge in [-0.05, 0) is 74.9 Å². The highest BCUT2D eigenvalue weighted by atomic mass is 35.5. The molecule has 0 saturated heterocycles. The number of carboxylic acid groups (broad SMARTS) is 1. The summed E-state index contributed by atoms with van der Waals surface area (Å²) >= 11 is 8.48. The van der Waals surface area contributed by atoms with Gasteiger partial charge in [0.15, 0.2) is 0 Å². The minimum atomic E-state index is -0.887. The number of halogens is 1. The zero-order valence-electron chi connectivity index (χ0n) is 18.9. The maximum Gasteiger partial charge on any atom is 0.321 e. The topological polar surface area (TPSA) is 43.8 Å². The molecule has 172 valence electrons. The first-order valence-corrected chi connectivity index (χ1v) is 13.0. The van der Waals surface area contributed by atoms with Crippen LogP contribution in [0.15, 0.2) is 47.4 Å². The fourth-order valence-electron chi connectivity index (χ4n) is 5.07. The zero-order chi connectivity index (χ0) is 23.0. The first-order valence-electron chi connectivity index (χ1n) is 11.8. The summed E-state index contributed by atoms with van der Waals surface area (Å²) in [5.74, 6) is 5.94. The molecule has 0 spiro atoms. The molecule has 1 atom stereocenters. The Morgan fingerprint density at radius 3 is 2.55 bits per heavy atom. The number of anilines is 2. The quantitative estimate of drug-likeness (QED) is 0.396. The van der Waals surface area contributed by atoms with Crippen molar-refractivity contribution >= 4 is 40.9 Å². The summed E-state index contributed by atoms with van der Waals surface area (Å²) in [5, 5.41) is 10.0. The molecule has 2 aromatic rings. The maximum absolute atomic E-state index is 11.5. The molecule has 0 aromatic heterocycles.